The van der Waals surface area contributed by atoms with Gasteiger partial charge in [-0.2, -0.15) is 0 Å². The molecule has 5 heterocycles. The third-order valence-corrected chi connectivity index (χ3v) is 24.2. The molecule has 11 rings (SSSR count). The highest BCUT2D eigenvalue weighted by atomic mass is 16.2. The first-order valence-corrected chi connectivity index (χ1v) is 36.6. The first-order chi connectivity index (χ1) is 48.0. The molecule has 5 aliphatic rings. The molecule has 6 aromatic carbocycles. The molecule has 0 aromatic heterocycles. The lowest BCUT2D eigenvalue weighted by Gasteiger charge is -2.28. The van der Waals surface area contributed by atoms with Crippen molar-refractivity contribution in [1.29, 1.82) is 0 Å². The van der Waals surface area contributed by atoms with Crippen molar-refractivity contribution in [2.45, 2.75) is 187 Å². The predicted molar refractivity (Wildman–Crippen MR) is 396 cm³/mol. The van der Waals surface area contributed by atoms with E-state index in [1.165, 1.54) is 0 Å². The number of fused-ring (bicyclic) bond motifs is 15. The maximum Gasteiger partial charge on any atom is 0.252 e. The van der Waals surface area contributed by atoms with Gasteiger partial charge in [-0.25, -0.2) is 0 Å². The van der Waals surface area contributed by atoms with Gasteiger partial charge < -0.3 is 141 Å². The van der Waals surface area contributed by atoms with Crippen LogP contribution in [-0.2, 0) is 0 Å². The first-order valence-electron chi connectivity index (χ1n) is 36.6. The Kier molecular flexibility index (Phi) is 23.4. The minimum atomic E-state index is -0.708. The van der Waals surface area contributed by atoms with E-state index in [0.717, 1.165) is 0 Å². The van der Waals surface area contributed by atoms with Gasteiger partial charge in [0, 0.05) is 153 Å². The second-order valence-corrected chi connectivity index (χ2v) is 29.8. The van der Waals surface area contributed by atoms with Gasteiger partial charge in [0.1, 0.15) is 0 Å². The highest BCUT2D eigenvalue weighted by Gasteiger charge is 2.51. The summed E-state index contributed by atoms with van der Waals surface area (Å²) in [5.41, 5.74) is 133. The lowest BCUT2D eigenvalue weighted by Crippen LogP contribution is -2.49. The van der Waals surface area contributed by atoms with Crippen molar-refractivity contribution in [2.75, 3.05) is 65.4 Å². The summed E-state index contributed by atoms with van der Waals surface area (Å²) in [5, 5.41) is 23.0. The number of nitrogens with one attached hydrogen (secondary N) is 5. The summed E-state index contributed by atoms with van der Waals surface area (Å²) in [4.78, 5) is 80.0. The van der Waals surface area contributed by atoms with Crippen LogP contribution in [0.4, 0.5) is 0 Å². The largest absolute Gasteiger partial charge is 0.345 e. The van der Waals surface area contributed by atoms with Crippen LogP contribution < -0.4 is 141 Å². The van der Waals surface area contributed by atoms with Crippen molar-refractivity contribution in [3.8, 4) is 0 Å². The van der Waals surface area contributed by atoms with Crippen LogP contribution in [0.3, 0.4) is 0 Å². The van der Waals surface area contributed by atoms with E-state index >= 15 is 24.0 Å². The SMILES string of the molecule is NCC(N)C(CCC[C@@H]1NC(=O)c2c1c1c3c(c4c5c(c6c7c(c8c9c(c2c2c1c4c6c82)[C@H](CCCC(C(N)CN)C(N)CN)NC9=O)[C@H](CCCC(C(N)CN)C(N)CN)NC7=O)[C@H](CCCC(C(N)CN)C(N)CN)NC5=O)[C@H](CCCC(C(N)CN)C(N)CN)NC3=O)C(N)CN. The molecule has 5 amide bonds. The van der Waals surface area contributed by atoms with Crippen molar-refractivity contribution in [3.05, 3.63) is 55.6 Å². The molecule has 0 bridgehead atoms. The molecule has 0 saturated carbocycles. The van der Waals surface area contributed by atoms with E-state index in [-0.39, 0.29) is 95.0 Å². The lowest BCUT2D eigenvalue weighted by atomic mass is 9.79. The van der Waals surface area contributed by atoms with Gasteiger partial charge in [0.05, 0.1) is 58.0 Å². The van der Waals surface area contributed by atoms with Gasteiger partial charge in [-0.05, 0) is 149 Å². The molecule has 45 N–H and O–H groups in total. The van der Waals surface area contributed by atoms with E-state index in [1.54, 1.807) is 0 Å². The van der Waals surface area contributed by atoms with Crippen molar-refractivity contribution >= 4 is 83.4 Å². The molecule has 0 saturated heterocycles. The van der Waals surface area contributed by atoms with E-state index in [9.17, 15) is 0 Å². The van der Waals surface area contributed by atoms with Crippen molar-refractivity contribution in [1.82, 2.24) is 26.6 Å². The summed E-state index contributed by atoms with van der Waals surface area (Å²) in [6.45, 7) is 1.72. The highest BCUT2D eigenvalue weighted by molar-refractivity contribution is 6.52. The van der Waals surface area contributed by atoms with Crippen LogP contribution in [0.1, 0.15) is 206 Å². The topological polar surface area (TPSA) is 666 Å². The molecule has 0 spiro atoms. The lowest BCUT2D eigenvalue weighted by molar-refractivity contribution is 0.0947. The Bertz CT molecular complexity index is 3300. The molecule has 0 fully saturated rings. The predicted octanol–water partition coefficient (Wildman–Crippen LogP) is -3.52. The van der Waals surface area contributed by atoms with Gasteiger partial charge in [-0.15, -0.1) is 0 Å². The Morgan fingerprint density at radius 1 is 0.220 bits per heavy atom. The second-order valence-electron chi connectivity index (χ2n) is 29.8. The second kappa shape index (κ2) is 31.1. The molecule has 30 heteroatoms. The molecule has 100 heavy (non-hydrogen) atoms. The van der Waals surface area contributed by atoms with E-state index in [4.69, 9.17) is 115 Å². The van der Waals surface area contributed by atoms with Crippen LogP contribution in [0, 0.1) is 29.6 Å². The van der Waals surface area contributed by atoms with Gasteiger partial charge in [0.2, 0.25) is 0 Å². The quantitative estimate of drug-likeness (QED) is 0.0166. The van der Waals surface area contributed by atoms with Crippen LogP contribution in [0.25, 0.3) is 53.9 Å². The number of benzene rings is 5. The molecule has 5 aliphatic heterocycles. The number of nitrogens with two attached hydrogens (primary N) is 20. The van der Waals surface area contributed by atoms with Gasteiger partial charge in [0.15, 0.2) is 0 Å². The normalized spacial score (nSPS) is 23.4. The van der Waals surface area contributed by atoms with Crippen LogP contribution >= 0.6 is 0 Å². The maximum atomic E-state index is 16.0. The third-order valence-electron chi connectivity index (χ3n) is 24.2. The summed E-state index contributed by atoms with van der Waals surface area (Å²) in [5.74, 6) is -3.30. The Morgan fingerprint density at radius 2 is 0.350 bits per heavy atom. The molecule has 0 aliphatic carbocycles. The van der Waals surface area contributed by atoms with E-state index < -0.39 is 120 Å². The zero-order chi connectivity index (χ0) is 72.2. The average Bonchev–Trinajstić information content (AvgIpc) is 1.47. The summed E-state index contributed by atoms with van der Waals surface area (Å²) >= 11 is 0. The number of hydrogen-bond donors (Lipinski definition) is 25. The summed E-state index contributed by atoms with van der Waals surface area (Å²) in [6.07, 6.45) is 6.94. The first kappa shape index (κ1) is 75.1. The van der Waals surface area contributed by atoms with Gasteiger partial charge >= 0.3 is 0 Å². The van der Waals surface area contributed by atoms with Crippen molar-refractivity contribution in [3.63, 3.8) is 0 Å². The van der Waals surface area contributed by atoms with E-state index in [2.05, 4.69) is 26.6 Å². The minimum absolute atomic E-state index is 0.172. The number of hydrogen-bond acceptors (Lipinski definition) is 25. The van der Waals surface area contributed by atoms with Crippen LogP contribution in [0.15, 0.2) is 0 Å². The Balaban J connectivity index is 1.26. The molecular weight excluding hydrogens is 1270 g/mol. The summed E-state index contributed by atoms with van der Waals surface area (Å²) in [6, 6.07) is -8.18. The molecule has 10 unspecified atom stereocenters. The molecule has 30 nitrogen and oxygen atoms in total. The fourth-order valence-corrected chi connectivity index (χ4v) is 18.9. The zero-order valence-corrected chi connectivity index (χ0v) is 57.8. The standard InChI is InChI=1S/C70H115N25O5/c71-16-31(81)26(32(82)17-72)6-1-11-41-46-51-56-57-52(61(46)66(96)91-41)47-42(12-2-7-27(33(83)18-73)34(84)19-74)93-68(98)63(47)54-49-44(14-4-9-29(37(87)22-77)38(88)23-78)95-70(100)65(49)55-50-45(15-5-10-30(39(89)24-79)40(90)25-80)94-69(99)64(50)53(58(56)60(55)59(54)57)48-43(92-67(97)62(48)51)13-3-8-28(35(85)20-75)36(86)21-76/h26-45H,1-25,71-90H2,(H,91,96)(H,92,97)(H,93,98)(H,94,99)(H,95,100)/t26?,27?,28?,29?,30?,31?,32?,33?,34?,35?,36?,37?,38?,39?,40?,41-,42-,43-,44-,45-/m0/s1. The van der Waals surface area contributed by atoms with Crippen molar-refractivity contribution < 1.29 is 24.0 Å². The smallest absolute Gasteiger partial charge is 0.252 e. The number of carbonyl (C=O) groups is 5. The molecule has 550 valence electrons. The minimum Gasteiger partial charge on any atom is -0.345 e. The number of rotatable bonds is 40. The monoisotopic (exact) mass is 1390 g/mol. The van der Waals surface area contributed by atoms with Gasteiger partial charge in [-0.3, -0.25) is 24.0 Å². The van der Waals surface area contributed by atoms with Gasteiger partial charge in [0.25, 0.3) is 29.5 Å². The van der Waals surface area contributed by atoms with E-state index in [0.29, 0.717) is 206 Å². The van der Waals surface area contributed by atoms with Crippen LogP contribution in [0.2, 0.25) is 0 Å². The Hall–Kier alpha value is -6.05. The zero-order valence-electron chi connectivity index (χ0n) is 57.8. The van der Waals surface area contributed by atoms with Crippen LogP contribution in [0.5, 0.6) is 0 Å². The Labute approximate surface area is 583 Å². The van der Waals surface area contributed by atoms with Gasteiger partial charge in [-0.1, -0.05) is 32.1 Å². The third kappa shape index (κ3) is 12.8. The summed E-state index contributed by atoms with van der Waals surface area (Å²) in [7, 11) is 0. The molecule has 6 aromatic rings. The van der Waals surface area contributed by atoms with Crippen LogP contribution in [-0.4, -0.2) is 155 Å². The molecular formula is C70H115N25O5. The fourth-order valence-electron chi connectivity index (χ4n) is 18.9. The molecule has 15 atom stereocenters. The summed E-state index contributed by atoms with van der Waals surface area (Å²) < 4.78 is 0. The Morgan fingerprint density at radius 3 is 0.470 bits per heavy atom. The highest BCUT2D eigenvalue weighted by Crippen LogP contribution is 2.63. The number of carbonyl (C=O) groups excluding carboxylic acids is 5. The maximum absolute atomic E-state index is 16.0. The fraction of sp³-hybridized carbons (Fsp3) is 0.643. The average molecular weight is 1390 g/mol. The number of amides is 5. The molecule has 0 radical (unpaired) electrons. The van der Waals surface area contributed by atoms with E-state index in [1.807, 2.05) is 0 Å². The van der Waals surface area contributed by atoms with Crippen molar-refractivity contribution in [2.24, 2.45) is 144 Å².